The predicted octanol–water partition coefficient (Wildman–Crippen LogP) is 3.74. The van der Waals surface area contributed by atoms with Crippen molar-refractivity contribution >= 4 is 5.78 Å². The van der Waals surface area contributed by atoms with Gasteiger partial charge in [-0.2, -0.15) is 0 Å². The van der Waals surface area contributed by atoms with Crippen LogP contribution in [0.3, 0.4) is 0 Å². The molecule has 0 aliphatic carbocycles. The SMILES string of the molecule is Cc1cccnc1C(=O)c1ccc(C(C)C)cc1. The molecule has 2 rings (SSSR count). The van der Waals surface area contributed by atoms with E-state index in [-0.39, 0.29) is 5.78 Å². The Morgan fingerprint density at radius 1 is 1.11 bits per heavy atom. The molecule has 92 valence electrons. The molecule has 0 radical (unpaired) electrons. The van der Waals surface area contributed by atoms with Gasteiger partial charge in [-0.1, -0.05) is 44.2 Å². The molecule has 0 bridgehead atoms. The monoisotopic (exact) mass is 239 g/mol. The van der Waals surface area contributed by atoms with E-state index in [9.17, 15) is 4.79 Å². The number of benzene rings is 1. The van der Waals surface area contributed by atoms with Crippen molar-refractivity contribution in [3.05, 3.63) is 65.0 Å². The first-order valence-electron chi connectivity index (χ1n) is 6.16. The number of carbonyl (C=O) groups excluding carboxylic acids is 1. The quantitative estimate of drug-likeness (QED) is 0.764. The maximum absolute atomic E-state index is 12.3. The summed E-state index contributed by atoms with van der Waals surface area (Å²) in [4.78, 5) is 16.4. The van der Waals surface area contributed by atoms with Gasteiger partial charge in [0.05, 0.1) is 0 Å². The van der Waals surface area contributed by atoms with Gasteiger partial charge >= 0.3 is 0 Å². The van der Waals surface area contributed by atoms with Crippen molar-refractivity contribution < 1.29 is 4.79 Å². The van der Waals surface area contributed by atoms with Gasteiger partial charge in [-0.3, -0.25) is 9.78 Å². The van der Waals surface area contributed by atoms with E-state index in [2.05, 4.69) is 18.8 Å². The molecule has 18 heavy (non-hydrogen) atoms. The number of nitrogens with zero attached hydrogens (tertiary/aromatic N) is 1. The van der Waals surface area contributed by atoms with E-state index < -0.39 is 0 Å². The van der Waals surface area contributed by atoms with Crippen LogP contribution in [-0.2, 0) is 0 Å². The fraction of sp³-hybridized carbons (Fsp3) is 0.250. The second-order valence-corrected chi connectivity index (χ2v) is 4.77. The lowest BCUT2D eigenvalue weighted by Gasteiger charge is -2.07. The summed E-state index contributed by atoms with van der Waals surface area (Å²) < 4.78 is 0. The molecule has 0 amide bonds. The molecule has 0 aliphatic heterocycles. The fourth-order valence-electron chi connectivity index (χ4n) is 1.88. The smallest absolute Gasteiger partial charge is 0.211 e. The molecule has 0 saturated carbocycles. The van der Waals surface area contributed by atoms with E-state index in [1.54, 1.807) is 6.20 Å². The normalized spacial score (nSPS) is 10.7. The van der Waals surface area contributed by atoms with Gasteiger partial charge in [0, 0.05) is 11.8 Å². The summed E-state index contributed by atoms with van der Waals surface area (Å²) in [6.07, 6.45) is 1.66. The zero-order chi connectivity index (χ0) is 13.1. The minimum absolute atomic E-state index is 0.0107. The van der Waals surface area contributed by atoms with E-state index in [1.807, 2.05) is 43.3 Å². The summed E-state index contributed by atoms with van der Waals surface area (Å²) in [6.45, 7) is 6.18. The van der Waals surface area contributed by atoms with Gasteiger partial charge in [-0.25, -0.2) is 0 Å². The molecule has 2 aromatic rings. The van der Waals surface area contributed by atoms with E-state index in [4.69, 9.17) is 0 Å². The Kier molecular flexibility index (Phi) is 3.56. The first-order chi connectivity index (χ1) is 8.59. The van der Waals surface area contributed by atoms with Crippen LogP contribution in [0.2, 0.25) is 0 Å². The average Bonchev–Trinajstić information content (AvgIpc) is 2.38. The number of carbonyl (C=O) groups is 1. The Morgan fingerprint density at radius 3 is 2.33 bits per heavy atom. The third kappa shape index (κ3) is 2.48. The maximum atomic E-state index is 12.3. The average molecular weight is 239 g/mol. The van der Waals surface area contributed by atoms with Crippen LogP contribution in [-0.4, -0.2) is 10.8 Å². The van der Waals surface area contributed by atoms with Gasteiger partial charge in [0.2, 0.25) is 5.78 Å². The van der Waals surface area contributed by atoms with Crippen LogP contribution in [0.1, 0.15) is 46.9 Å². The van der Waals surface area contributed by atoms with Crippen LogP contribution in [0.5, 0.6) is 0 Å². The Labute approximate surface area is 108 Å². The first kappa shape index (κ1) is 12.5. The second-order valence-electron chi connectivity index (χ2n) is 4.77. The number of rotatable bonds is 3. The fourth-order valence-corrected chi connectivity index (χ4v) is 1.88. The van der Waals surface area contributed by atoms with Crippen molar-refractivity contribution in [2.24, 2.45) is 0 Å². The molecule has 1 aromatic carbocycles. The van der Waals surface area contributed by atoms with Crippen molar-refractivity contribution in [1.29, 1.82) is 0 Å². The molecule has 0 N–H and O–H groups in total. The van der Waals surface area contributed by atoms with Gasteiger partial charge < -0.3 is 0 Å². The zero-order valence-electron chi connectivity index (χ0n) is 11.0. The number of pyridine rings is 1. The highest BCUT2D eigenvalue weighted by Gasteiger charge is 2.12. The van der Waals surface area contributed by atoms with Crippen molar-refractivity contribution in [3.63, 3.8) is 0 Å². The highest BCUT2D eigenvalue weighted by molar-refractivity contribution is 6.08. The molecule has 1 heterocycles. The molecule has 0 saturated heterocycles. The van der Waals surface area contributed by atoms with E-state index in [0.29, 0.717) is 17.2 Å². The molecule has 0 spiro atoms. The van der Waals surface area contributed by atoms with Crippen molar-refractivity contribution in [3.8, 4) is 0 Å². The lowest BCUT2D eigenvalue weighted by Crippen LogP contribution is -2.06. The number of ketones is 1. The first-order valence-corrected chi connectivity index (χ1v) is 6.16. The van der Waals surface area contributed by atoms with Crippen molar-refractivity contribution in [1.82, 2.24) is 4.98 Å². The minimum Gasteiger partial charge on any atom is -0.287 e. The Hall–Kier alpha value is -1.96. The largest absolute Gasteiger partial charge is 0.287 e. The molecule has 0 atom stereocenters. The Morgan fingerprint density at radius 2 is 1.78 bits per heavy atom. The topological polar surface area (TPSA) is 30.0 Å². The summed E-state index contributed by atoms with van der Waals surface area (Å²) >= 11 is 0. The van der Waals surface area contributed by atoms with Crippen LogP contribution in [0.15, 0.2) is 42.6 Å². The van der Waals surface area contributed by atoms with Crippen LogP contribution in [0, 0.1) is 6.92 Å². The van der Waals surface area contributed by atoms with Crippen molar-refractivity contribution in [2.45, 2.75) is 26.7 Å². The zero-order valence-corrected chi connectivity index (χ0v) is 11.0. The minimum atomic E-state index is -0.0107. The summed E-state index contributed by atoms with van der Waals surface area (Å²) in [5.74, 6) is 0.467. The third-order valence-corrected chi connectivity index (χ3v) is 3.06. The molecule has 0 unspecified atom stereocenters. The number of hydrogen-bond acceptors (Lipinski definition) is 2. The van der Waals surface area contributed by atoms with E-state index in [1.165, 1.54) is 5.56 Å². The maximum Gasteiger partial charge on any atom is 0.211 e. The van der Waals surface area contributed by atoms with Crippen LogP contribution < -0.4 is 0 Å². The van der Waals surface area contributed by atoms with Gasteiger partial charge in [0.25, 0.3) is 0 Å². The second kappa shape index (κ2) is 5.13. The summed E-state index contributed by atoms with van der Waals surface area (Å²) in [5.41, 5.74) is 3.38. The van der Waals surface area contributed by atoms with Gasteiger partial charge in [-0.15, -0.1) is 0 Å². The standard InChI is InChI=1S/C16H17NO/c1-11(2)13-6-8-14(9-7-13)16(18)15-12(3)5-4-10-17-15/h4-11H,1-3H3. The van der Waals surface area contributed by atoms with Crippen molar-refractivity contribution in [2.75, 3.05) is 0 Å². The van der Waals surface area contributed by atoms with Crippen LogP contribution in [0.4, 0.5) is 0 Å². The third-order valence-electron chi connectivity index (χ3n) is 3.06. The number of hydrogen-bond donors (Lipinski definition) is 0. The molecule has 0 aliphatic rings. The predicted molar refractivity (Wildman–Crippen MR) is 72.9 cm³/mol. The molecular weight excluding hydrogens is 222 g/mol. The number of aromatic nitrogens is 1. The molecule has 0 fully saturated rings. The van der Waals surface area contributed by atoms with Gasteiger partial charge in [-0.05, 0) is 30.0 Å². The van der Waals surface area contributed by atoms with Crippen LogP contribution >= 0.6 is 0 Å². The lowest BCUT2D eigenvalue weighted by molar-refractivity contribution is 0.103. The summed E-state index contributed by atoms with van der Waals surface area (Å²) in [6, 6.07) is 11.5. The highest BCUT2D eigenvalue weighted by atomic mass is 16.1. The highest BCUT2D eigenvalue weighted by Crippen LogP contribution is 2.17. The van der Waals surface area contributed by atoms with E-state index >= 15 is 0 Å². The van der Waals surface area contributed by atoms with Gasteiger partial charge in [0.1, 0.15) is 5.69 Å². The van der Waals surface area contributed by atoms with E-state index in [0.717, 1.165) is 5.56 Å². The summed E-state index contributed by atoms with van der Waals surface area (Å²) in [5, 5.41) is 0. The molecular formula is C16H17NO. The summed E-state index contributed by atoms with van der Waals surface area (Å²) in [7, 11) is 0. The Balaban J connectivity index is 2.32. The van der Waals surface area contributed by atoms with Crippen LogP contribution in [0.25, 0.3) is 0 Å². The molecule has 1 aromatic heterocycles. The number of aryl methyl sites for hydroxylation is 1. The molecule has 2 heteroatoms. The Bertz CT molecular complexity index is 556. The lowest BCUT2D eigenvalue weighted by atomic mass is 9.98. The molecule has 2 nitrogen and oxygen atoms in total. The van der Waals surface area contributed by atoms with Gasteiger partial charge in [0.15, 0.2) is 0 Å².